The number of carbonyl (C=O) groups excluding carboxylic acids is 1. The molecule has 0 spiro atoms. The Balaban J connectivity index is 2.02. The smallest absolute Gasteiger partial charge is 0.305 e. The standard InChI is InChI=1S/C11H18N2O2S/c1-3-15-11(14)5-4-6-12-7-10-8-13-9(2)16-10/h8,12H,3-7H2,1-2H3. The van der Waals surface area contributed by atoms with Gasteiger partial charge in [0.1, 0.15) is 0 Å². The zero-order valence-electron chi connectivity index (χ0n) is 9.78. The van der Waals surface area contributed by atoms with Crippen molar-refractivity contribution in [2.75, 3.05) is 13.2 Å². The SMILES string of the molecule is CCOC(=O)CCCNCc1cnc(C)s1. The number of aromatic nitrogens is 1. The molecule has 90 valence electrons. The van der Waals surface area contributed by atoms with Crippen molar-refractivity contribution < 1.29 is 9.53 Å². The van der Waals surface area contributed by atoms with Gasteiger partial charge in [-0.25, -0.2) is 4.98 Å². The first-order valence-corrected chi connectivity index (χ1v) is 6.31. The first kappa shape index (κ1) is 13.1. The number of carbonyl (C=O) groups is 1. The number of hydrogen-bond donors (Lipinski definition) is 1. The largest absolute Gasteiger partial charge is 0.466 e. The van der Waals surface area contributed by atoms with Crippen LogP contribution in [0.25, 0.3) is 0 Å². The van der Waals surface area contributed by atoms with Gasteiger partial charge in [0.05, 0.1) is 11.6 Å². The average Bonchev–Trinajstić information content (AvgIpc) is 2.64. The van der Waals surface area contributed by atoms with Crippen molar-refractivity contribution in [3.05, 3.63) is 16.1 Å². The predicted molar refractivity (Wildman–Crippen MR) is 64.4 cm³/mol. The molecule has 1 N–H and O–H groups in total. The molecule has 0 amide bonds. The monoisotopic (exact) mass is 242 g/mol. The fraction of sp³-hybridized carbons (Fsp3) is 0.636. The zero-order chi connectivity index (χ0) is 11.8. The van der Waals surface area contributed by atoms with Gasteiger partial charge < -0.3 is 10.1 Å². The highest BCUT2D eigenvalue weighted by atomic mass is 32.1. The average molecular weight is 242 g/mol. The Bertz CT molecular complexity index is 326. The lowest BCUT2D eigenvalue weighted by atomic mass is 10.3. The highest BCUT2D eigenvalue weighted by Crippen LogP contribution is 2.10. The molecule has 0 saturated carbocycles. The molecule has 0 fully saturated rings. The molecular weight excluding hydrogens is 224 g/mol. The molecule has 0 radical (unpaired) electrons. The topological polar surface area (TPSA) is 51.2 Å². The van der Waals surface area contributed by atoms with Crippen LogP contribution in [-0.2, 0) is 16.1 Å². The van der Waals surface area contributed by atoms with E-state index in [-0.39, 0.29) is 5.97 Å². The quantitative estimate of drug-likeness (QED) is 0.586. The molecule has 0 atom stereocenters. The molecule has 0 aliphatic heterocycles. The van der Waals surface area contributed by atoms with Crippen molar-refractivity contribution in [1.29, 1.82) is 0 Å². The maximum absolute atomic E-state index is 11.0. The molecule has 16 heavy (non-hydrogen) atoms. The Morgan fingerprint density at radius 1 is 1.62 bits per heavy atom. The molecule has 0 bridgehead atoms. The second kappa shape index (κ2) is 7.35. The number of thiazole rings is 1. The van der Waals surface area contributed by atoms with Crippen LogP contribution >= 0.6 is 11.3 Å². The van der Waals surface area contributed by atoms with E-state index < -0.39 is 0 Å². The highest BCUT2D eigenvalue weighted by molar-refractivity contribution is 7.11. The van der Waals surface area contributed by atoms with Gasteiger partial charge in [-0.05, 0) is 26.8 Å². The molecule has 1 heterocycles. The summed E-state index contributed by atoms with van der Waals surface area (Å²) in [5, 5.41) is 4.36. The van der Waals surface area contributed by atoms with Gasteiger partial charge in [-0.3, -0.25) is 4.79 Å². The van der Waals surface area contributed by atoms with Gasteiger partial charge in [0.2, 0.25) is 0 Å². The number of hydrogen-bond acceptors (Lipinski definition) is 5. The van der Waals surface area contributed by atoms with Gasteiger partial charge >= 0.3 is 5.97 Å². The number of esters is 1. The van der Waals surface area contributed by atoms with Crippen LogP contribution in [0.2, 0.25) is 0 Å². The number of ether oxygens (including phenoxy) is 1. The van der Waals surface area contributed by atoms with E-state index in [1.807, 2.05) is 20.0 Å². The molecule has 0 saturated heterocycles. The van der Waals surface area contributed by atoms with E-state index in [4.69, 9.17) is 4.74 Å². The molecule has 1 rings (SSSR count). The Hall–Kier alpha value is -0.940. The van der Waals surface area contributed by atoms with Crippen molar-refractivity contribution in [3.63, 3.8) is 0 Å². The molecule has 5 heteroatoms. The van der Waals surface area contributed by atoms with Crippen LogP contribution in [0.1, 0.15) is 29.7 Å². The first-order valence-electron chi connectivity index (χ1n) is 5.50. The summed E-state index contributed by atoms with van der Waals surface area (Å²) in [5.41, 5.74) is 0. The van der Waals surface area contributed by atoms with Crippen molar-refractivity contribution >= 4 is 17.3 Å². The normalized spacial score (nSPS) is 10.4. The van der Waals surface area contributed by atoms with Crippen molar-refractivity contribution in [2.45, 2.75) is 33.2 Å². The van der Waals surface area contributed by atoms with Crippen LogP contribution in [0.4, 0.5) is 0 Å². The summed E-state index contributed by atoms with van der Waals surface area (Å²) < 4.78 is 4.84. The van der Waals surface area contributed by atoms with Gasteiger partial charge in [0.25, 0.3) is 0 Å². The first-order chi connectivity index (χ1) is 7.72. The number of aryl methyl sites for hydroxylation is 1. The van der Waals surface area contributed by atoms with E-state index in [1.54, 1.807) is 11.3 Å². The van der Waals surface area contributed by atoms with Crippen molar-refractivity contribution in [2.24, 2.45) is 0 Å². The zero-order valence-corrected chi connectivity index (χ0v) is 10.6. The lowest BCUT2D eigenvalue weighted by Gasteiger charge is -2.03. The highest BCUT2D eigenvalue weighted by Gasteiger charge is 2.01. The van der Waals surface area contributed by atoms with E-state index in [1.165, 1.54) is 4.88 Å². The number of rotatable bonds is 7. The van der Waals surface area contributed by atoms with Crippen LogP contribution in [0.3, 0.4) is 0 Å². The van der Waals surface area contributed by atoms with E-state index in [2.05, 4.69) is 10.3 Å². The third kappa shape index (κ3) is 5.23. The van der Waals surface area contributed by atoms with Crippen LogP contribution in [0.15, 0.2) is 6.20 Å². The fourth-order valence-corrected chi connectivity index (χ4v) is 2.05. The Morgan fingerprint density at radius 2 is 2.44 bits per heavy atom. The Labute approximate surface area is 100 Å². The van der Waals surface area contributed by atoms with Crippen LogP contribution in [0.5, 0.6) is 0 Å². The van der Waals surface area contributed by atoms with Gasteiger partial charge in [-0.15, -0.1) is 11.3 Å². The predicted octanol–water partition coefficient (Wildman–Crippen LogP) is 1.88. The minimum Gasteiger partial charge on any atom is -0.466 e. The maximum Gasteiger partial charge on any atom is 0.305 e. The van der Waals surface area contributed by atoms with E-state index in [0.29, 0.717) is 13.0 Å². The Morgan fingerprint density at radius 3 is 3.06 bits per heavy atom. The van der Waals surface area contributed by atoms with Crippen molar-refractivity contribution in [3.8, 4) is 0 Å². The van der Waals surface area contributed by atoms with Crippen LogP contribution < -0.4 is 5.32 Å². The van der Waals surface area contributed by atoms with Gasteiger partial charge in [0.15, 0.2) is 0 Å². The summed E-state index contributed by atoms with van der Waals surface area (Å²) in [4.78, 5) is 16.4. The minimum absolute atomic E-state index is 0.113. The molecule has 0 aliphatic carbocycles. The van der Waals surface area contributed by atoms with Gasteiger partial charge in [0, 0.05) is 24.0 Å². The molecule has 1 aromatic heterocycles. The van der Waals surface area contributed by atoms with Crippen LogP contribution in [0, 0.1) is 6.92 Å². The summed E-state index contributed by atoms with van der Waals surface area (Å²) >= 11 is 1.69. The van der Waals surface area contributed by atoms with Crippen molar-refractivity contribution in [1.82, 2.24) is 10.3 Å². The third-order valence-electron chi connectivity index (χ3n) is 2.01. The van der Waals surface area contributed by atoms with Gasteiger partial charge in [-0.1, -0.05) is 0 Å². The molecular formula is C11H18N2O2S. The van der Waals surface area contributed by atoms with E-state index >= 15 is 0 Å². The summed E-state index contributed by atoms with van der Waals surface area (Å²) in [6.07, 6.45) is 3.19. The van der Waals surface area contributed by atoms with E-state index in [9.17, 15) is 4.79 Å². The number of nitrogens with zero attached hydrogens (tertiary/aromatic N) is 1. The second-order valence-electron chi connectivity index (χ2n) is 3.43. The summed E-state index contributed by atoms with van der Waals surface area (Å²) in [6, 6.07) is 0. The van der Waals surface area contributed by atoms with E-state index in [0.717, 1.165) is 24.5 Å². The molecule has 1 aromatic rings. The summed E-state index contributed by atoms with van der Waals surface area (Å²) in [6.45, 7) is 5.94. The maximum atomic E-state index is 11.0. The summed E-state index contributed by atoms with van der Waals surface area (Å²) in [7, 11) is 0. The molecule has 0 aliphatic rings. The molecule has 0 unspecified atom stereocenters. The molecule has 4 nitrogen and oxygen atoms in total. The van der Waals surface area contributed by atoms with Gasteiger partial charge in [-0.2, -0.15) is 0 Å². The third-order valence-corrected chi connectivity index (χ3v) is 2.92. The lowest BCUT2D eigenvalue weighted by Crippen LogP contribution is -2.15. The van der Waals surface area contributed by atoms with Crippen LogP contribution in [-0.4, -0.2) is 24.1 Å². The molecule has 0 aromatic carbocycles. The second-order valence-corrected chi connectivity index (χ2v) is 4.75. The fourth-order valence-electron chi connectivity index (χ4n) is 1.29. The minimum atomic E-state index is -0.113. The number of nitrogens with one attached hydrogen (secondary N) is 1. The lowest BCUT2D eigenvalue weighted by molar-refractivity contribution is -0.143. The summed E-state index contributed by atoms with van der Waals surface area (Å²) in [5.74, 6) is -0.113. The Kier molecular flexibility index (Phi) is 6.03.